The number of nitrogens with one attached hydrogen (secondary N) is 1. The van der Waals surface area contributed by atoms with Crippen molar-refractivity contribution in [1.82, 2.24) is 25.1 Å². The molecule has 30 heavy (non-hydrogen) atoms. The first-order valence-electron chi connectivity index (χ1n) is 10.1. The average molecular weight is 408 g/mol. The van der Waals surface area contributed by atoms with E-state index < -0.39 is 0 Å². The Kier molecular flexibility index (Phi) is 4.65. The van der Waals surface area contributed by atoms with Crippen LogP contribution in [0.5, 0.6) is 0 Å². The first kappa shape index (κ1) is 18.7. The number of rotatable bonds is 3. The molecular formula is C21H21FN6O2. The van der Waals surface area contributed by atoms with Gasteiger partial charge >= 0.3 is 0 Å². The number of anilines is 1. The van der Waals surface area contributed by atoms with Crippen molar-refractivity contribution in [3.63, 3.8) is 0 Å². The summed E-state index contributed by atoms with van der Waals surface area (Å²) in [6.07, 6.45) is 5.23. The van der Waals surface area contributed by atoms with Gasteiger partial charge in [0, 0.05) is 50.1 Å². The summed E-state index contributed by atoms with van der Waals surface area (Å²) in [5, 5.41) is 7.27. The van der Waals surface area contributed by atoms with E-state index in [1.165, 1.54) is 12.1 Å². The molecule has 2 aliphatic heterocycles. The Bertz CT molecular complexity index is 1100. The zero-order valence-electron chi connectivity index (χ0n) is 16.3. The second kappa shape index (κ2) is 7.47. The number of carbonyl (C=O) groups is 2. The molecule has 154 valence electrons. The van der Waals surface area contributed by atoms with Crippen LogP contribution >= 0.6 is 0 Å². The van der Waals surface area contributed by atoms with Gasteiger partial charge in [-0.25, -0.2) is 14.4 Å². The Morgan fingerprint density at radius 3 is 2.77 bits per heavy atom. The summed E-state index contributed by atoms with van der Waals surface area (Å²) in [6, 6.07) is 5.79. The highest BCUT2D eigenvalue weighted by Crippen LogP contribution is 2.32. The molecule has 0 aliphatic carbocycles. The van der Waals surface area contributed by atoms with E-state index in [-0.39, 0.29) is 35.9 Å². The number of carbonyl (C=O) groups excluding carboxylic acids is 2. The smallest absolute Gasteiger partial charge is 0.228 e. The molecule has 2 atom stereocenters. The third kappa shape index (κ3) is 3.30. The van der Waals surface area contributed by atoms with Crippen molar-refractivity contribution < 1.29 is 14.0 Å². The molecule has 3 aromatic rings. The van der Waals surface area contributed by atoms with Gasteiger partial charge < -0.3 is 9.80 Å². The SMILES string of the molecule is O=C([C@H]1CC(=O)N(c2ccc(F)cc2)C1)N1CCC[C@@H](c2[nH]nc3nccnc23)C1. The molecule has 2 saturated heterocycles. The molecule has 2 amide bonds. The fourth-order valence-electron chi connectivity index (χ4n) is 4.47. The Hall–Kier alpha value is -3.36. The maximum atomic E-state index is 13.2. The van der Waals surface area contributed by atoms with Gasteiger partial charge in [0.15, 0.2) is 5.65 Å². The topological polar surface area (TPSA) is 95.1 Å². The minimum atomic E-state index is -0.389. The molecule has 5 rings (SSSR count). The molecule has 0 spiro atoms. The van der Waals surface area contributed by atoms with Gasteiger partial charge in [0.05, 0.1) is 11.6 Å². The van der Waals surface area contributed by atoms with E-state index in [1.807, 2.05) is 4.90 Å². The highest BCUT2D eigenvalue weighted by atomic mass is 19.1. The fourth-order valence-corrected chi connectivity index (χ4v) is 4.47. The lowest BCUT2D eigenvalue weighted by molar-refractivity contribution is -0.137. The van der Waals surface area contributed by atoms with Crippen LogP contribution in [0.15, 0.2) is 36.7 Å². The number of piperidine rings is 1. The summed E-state index contributed by atoms with van der Waals surface area (Å²) >= 11 is 0. The molecule has 1 aromatic carbocycles. The zero-order valence-corrected chi connectivity index (χ0v) is 16.3. The van der Waals surface area contributed by atoms with Crippen LogP contribution in [0.25, 0.3) is 11.2 Å². The van der Waals surface area contributed by atoms with Crippen LogP contribution in [-0.4, -0.2) is 56.5 Å². The zero-order chi connectivity index (χ0) is 20.7. The molecule has 0 unspecified atom stereocenters. The quantitative estimate of drug-likeness (QED) is 0.717. The standard InChI is InChI=1S/C21H21FN6O2/c22-15-3-5-16(6-4-15)28-12-14(10-17(28)29)21(30)27-9-1-2-13(11-27)18-19-20(26-25-18)24-8-7-23-19/h3-8,13-14H,1-2,9-12H2,(H,24,25,26)/t13-,14+/m1/s1. The monoisotopic (exact) mass is 408 g/mol. The number of fused-ring (bicyclic) bond motifs is 1. The predicted octanol–water partition coefficient (Wildman–Crippen LogP) is 2.25. The van der Waals surface area contributed by atoms with E-state index in [0.29, 0.717) is 31.0 Å². The Labute approximate surface area is 172 Å². The molecule has 0 radical (unpaired) electrons. The lowest BCUT2D eigenvalue weighted by Gasteiger charge is -2.33. The van der Waals surface area contributed by atoms with Crippen molar-refractivity contribution in [2.45, 2.75) is 25.2 Å². The number of hydrogen-bond donors (Lipinski definition) is 1. The van der Waals surface area contributed by atoms with Crippen molar-refractivity contribution in [2.24, 2.45) is 5.92 Å². The van der Waals surface area contributed by atoms with Crippen LogP contribution in [0.1, 0.15) is 30.9 Å². The van der Waals surface area contributed by atoms with E-state index in [9.17, 15) is 14.0 Å². The Balaban J connectivity index is 1.30. The maximum Gasteiger partial charge on any atom is 0.228 e. The Morgan fingerprint density at radius 1 is 1.13 bits per heavy atom. The van der Waals surface area contributed by atoms with Gasteiger partial charge in [-0.3, -0.25) is 14.7 Å². The van der Waals surface area contributed by atoms with Gasteiger partial charge in [-0.1, -0.05) is 0 Å². The lowest BCUT2D eigenvalue weighted by Crippen LogP contribution is -2.43. The van der Waals surface area contributed by atoms with E-state index >= 15 is 0 Å². The van der Waals surface area contributed by atoms with Crippen molar-refractivity contribution in [2.75, 3.05) is 24.5 Å². The minimum Gasteiger partial charge on any atom is -0.342 e. The summed E-state index contributed by atoms with van der Waals surface area (Å²) in [7, 11) is 0. The second-order valence-electron chi connectivity index (χ2n) is 7.87. The highest BCUT2D eigenvalue weighted by molar-refractivity contribution is 6.00. The van der Waals surface area contributed by atoms with Crippen LogP contribution in [0.4, 0.5) is 10.1 Å². The summed E-state index contributed by atoms with van der Waals surface area (Å²) in [5.41, 5.74) is 2.85. The maximum absolute atomic E-state index is 13.2. The first-order chi connectivity index (χ1) is 14.6. The van der Waals surface area contributed by atoms with Crippen LogP contribution < -0.4 is 4.90 Å². The number of amides is 2. The molecule has 8 nitrogen and oxygen atoms in total. The van der Waals surface area contributed by atoms with Gasteiger partial charge in [0.2, 0.25) is 11.8 Å². The van der Waals surface area contributed by atoms with Crippen LogP contribution in [0, 0.1) is 11.7 Å². The summed E-state index contributed by atoms with van der Waals surface area (Å²) in [4.78, 5) is 37.7. The number of hydrogen-bond acceptors (Lipinski definition) is 5. The number of benzene rings is 1. The van der Waals surface area contributed by atoms with Gasteiger partial charge in [0.1, 0.15) is 11.3 Å². The normalized spacial score (nSPS) is 22.1. The number of aromatic nitrogens is 4. The summed E-state index contributed by atoms with van der Waals surface area (Å²) in [5.74, 6) is -0.751. The summed E-state index contributed by atoms with van der Waals surface area (Å²) < 4.78 is 13.2. The third-order valence-corrected chi connectivity index (χ3v) is 5.97. The van der Waals surface area contributed by atoms with Crippen molar-refractivity contribution >= 4 is 28.7 Å². The van der Waals surface area contributed by atoms with Crippen LogP contribution in [-0.2, 0) is 9.59 Å². The largest absolute Gasteiger partial charge is 0.342 e. The minimum absolute atomic E-state index is 0.00688. The van der Waals surface area contributed by atoms with Crippen molar-refractivity contribution in [3.05, 3.63) is 48.2 Å². The predicted molar refractivity (Wildman–Crippen MR) is 107 cm³/mol. The number of nitrogens with zero attached hydrogens (tertiary/aromatic N) is 5. The molecule has 9 heteroatoms. The van der Waals surface area contributed by atoms with Crippen molar-refractivity contribution in [1.29, 1.82) is 0 Å². The number of aromatic amines is 1. The third-order valence-electron chi connectivity index (χ3n) is 5.97. The van der Waals surface area contributed by atoms with Gasteiger partial charge in [-0.05, 0) is 37.1 Å². The average Bonchev–Trinajstić information content (AvgIpc) is 3.38. The molecular weight excluding hydrogens is 387 g/mol. The molecule has 0 saturated carbocycles. The molecule has 4 heterocycles. The molecule has 2 fully saturated rings. The highest BCUT2D eigenvalue weighted by Gasteiger charge is 2.39. The van der Waals surface area contributed by atoms with E-state index in [4.69, 9.17) is 0 Å². The van der Waals surface area contributed by atoms with Gasteiger partial charge in [-0.15, -0.1) is 0 Å². The van der Waals surface area contributed by atoms with Crippen LogP contribution in [0.3, 0.4) is 0 Å². The first-order valence-corrected chi connectivity index (χ1v) is 10.1. The number of likely N-dealkylation sites (tertiary alicyclic amines) is 1. The fraction of sp³-hybridized carbons (Fsp3) is 0.381. The van der Waals surface area contributed by atoms with E-state index in [0.717, 1.165) is 24.1 Å². The lowest BCUT2D eigenvalue weighted by atomic mass is 9.93. The Morgan fingerprint density at radius 2 is 1.93 bits per heavy atom. The van der Waals surface area contributed by atoms with Crippen LogP contribution in [0.2, 0.25) is 0 Å². The molecule has 1 N–H and O–H groups in total. The number of halogens is 1. The van der Waals surface area contributed by atoms with Crippen molar-refractivity contribution in [3.8, 4) is 0 Å². The van der Waals surface area contributed by atoms with E-state index in [2.05, 4.69) is 20.2 Å². The summed E-state index contributed by atoms with van der Waals surface area (Å²) in [6.45, 7) is 1.56. The van der Waals surface area contributed by atoms with Gasteiger partial charge in [-0.2, -0.15) is 5.10 Å². The molecule has 0 bridgehead atoms. The van der Waals surface area contributed by atoms with Gasteiger partial charge in [0.25, 0.3) is 0 Å². The van der Waals surface area contributed by atoms with E-state index in [1.54, 1.807) is 29.4 Å². The number of H-pyrrole nitrogens is 1. The second-order valence-corrected chi connectivity index (χ2v) is 7.87. The molecule has 2 aromatic heterocycles. The molecule has 2 aliphatic rings.